The molecule has 1 aromatic rings. The summed E-state index contributed by atoms with van der Waals surface area (Å²) in [4.78, 5) is 25.8. The molecule has 0 bridgehead atoms. The highest BCUT2D eigenvalue weighted by atomic mass is 19.1. The second-order valence-electron chi connectivity index (χ2n) is 8.65. The Morgan fingerprint density at radius 3 is 1.85 bits per heavy atom. The average Bonchev–Trinajstić information content (AvgIpc) is 2.82. The summed E-state index contributed by atoms with van der Waals surface area (Å²) in [5.41, 5.74) is -1.39. The molecule has 0 aliphatic heterocycles. The molecule has 0 saturated carbocycles. The third kappa shape index (κ3) is 9.73. The number of halogens is 1. The Hall–Kier alpha value is -2.11. The van der Waals surface area contributed by atoms with E-state index in [0.717, 1.165) is 25.3 Å². The molecule has 0 aromatic heterocycles. The lowest BCUT2D eigenvalue weighted by Crippen LogP contribution is -2.42. The summed E-state index contributed by atoms with van der Waals surface area (Å²) in [6, 6.07) is 3.63. The van der Waals surface area contributed by atoms with Crippen LogP contribution in [0.5, 0.6) is 11.5 Å². The quantitative estimate of drug-likeness (QED) is 0.0976. The maximum Gasteiger partial charge on any atom is 0.328 e. The molecule has 0 heterocycles. The Morgan fingerprint density at radius 2 is 1.33 bits per heavy atom. The fourth-order valence-corrected chi connectivity index (χ4v) is 3.90. The number of benzene rings is 1. The second-order valence-corrected chi connectivity index (χ2v) is 8.65. The highest BCUT2D eigenvalue weighted by Crippen LogP contribution is 2.34. The van der Waals surface area contributed by atoms with E-state index in [1.54, 1.807) is 13.8 Å². The molecule has 6 heteroatoms. The Labute approximate surface area is 199 Å². The van der Waals surface area contributed by atoms with E-state index in [4.69, 9.17) is 14.2 Å². The number of carbonyl (C=O) groups is 2. The SMILES string of the molecule is CCCCCCCCCCCCCOC(=O)C(CC)(CC)C(=O)Oc1ccc(F)cc1OC. The number of ether oxygens (including phenoxy) is 3. The van der Waals surface area contributed by atoms with E-state index in [1.807, 2.05) is 0 Å². The van der Waals surface area contributed by atoms with Crippen LogP contribution in [-0.2, 0) is 14.3 Å². The standard InChI is InChI=1S/C27H43FO5/c1-5-8-9-10-11-12-13-14-15-16-17-20-32-25(29)27(6-2,7-3)26(30)33-23-19-18-22(28)21-24(23)31-4/h18-19,21H,5-17,20H2,1-4H3. The zero-order chi connectivity index (χ0) is 24.5. The fourth-order valence-electron chi connectivity index (χ4n) is 3.90. The van der Waals surface area contributed by atoms with E-state index in [-0.39, 0.29) is 24.3 Å². The smallest absolute Gasteiger partial charge is 0.328 e. The Balaban J connectivity index is 2.42. The molecule has 0 saturated heterocycles. The van der Waals surface area contributed by atoms with Gasteiger partial charge in [-0.05, 0) is 31.4 Å². The molecule has 0 aliphatic carbocycles. The van der Waals surface area contributed by atoms with Gasteiger partial charge in [0.05, 0.1) is 13.7 Å². The molecular weight excluding hydrogens is 423 g/mol. The summed E-state index contributed by atoms with van der Waals surface area (Å²) in [7, 11) is 1.36. The van der Waals surface area contributed by atoms with Gasteiger partial charge in [0.1, 0.15) is 5.82 Å². The molecule has 0 spiro atoms. The van der Waals surface area contributed by atoms with Crippen molar-refractivity contribution in [3.63, 3.8) is 0 Å². The molecular formula is C27H43FO5. The maximum absolute atomic E-state index is 13.4. The molecule has 0 N–H and O–H groups in total. The van der Waals surface area contributed by atoms with E-state index in [9.17, 15) is 14.0 Å². The third-order valence-electron chi connectivity index (χ3n) is 6.30. The van der Waals surface area contributed by atoms with Crippen LogP contribution >= 0.6 is 0 Å². The summed E-state index contributed by atoms with van der Waals surface area (Å²) in [6.45, 7) is 6.05. The highest BCUT2D eigenvalue weighted by Gasteiger charge is 2.46. The van der Waals surface area contributed by atoms with Gasteiger partial charge >= 0.3 is 11.9 Å². The van der Waals surface area contributed by atoms with Crippen molar-refractivity contribution in [2.24, 2.45) is 5.41 Å². The minimum Gasteiger partial charge on any atom is -0.493 e. The fraction of sp³-hybridized carbons (Fsp3) is 0.704. The molecule has 0 aliphatic rings. The first kappa shape index (κ1) is 28.9. The first-order valence-corrected chi connectivity index (χ1v) is 12.7. The normalized spacial score (nSPS) is 11.3. The van der Waals surface area contributed by atoms with Crippen molar-refractivity contribution in [2.75, 3.05) is 13.7 Å². The molecule has 0 amide bonds. The van der Waals surface area contributed by atoms with E-state index in [1.165, 1.54) is 70.6 Å². The largest absolute Gasteiger partial charge is 0.493 e. The topological polar surface area (TPSA) is 61.8 Å². The minimum atomic E-state index is -1.39. The van der Waals surface area contributed by atoms with Gasteiger partial charge in [-0.25, -0.2) is 4.39 Å². The van der Waals surface area contributed by atoms with Crippen molar-refractivity contribution in [3.05, 3.63) is 24.0 Å². The van der Waals surface area contributed by atoms with Crippen molar-refractivity contribution in [1.29, 1.82) is 0 Å². The van der Waals surface area contributed by atoms with Crippen LogP contribution in [0, 0.1) is 11.2 Å². The second kappa shape index (κ2) is 16.5. The third-order valence-corrected chi connectivity index (χ3v) is 6.30. The summed E-state index contributed by atoms with van der Waals surface area (Å²) in [5, 5.41) is 0. The lowest BCUT2D eigenvalue weighted by molar-refractivity contribution is -0.168. The Kier molecular flexibility index (Phi) is 14.5. The number of hydrogen-bond donors (Lipinski definition) is 0. The van der Waals surface area contributed by atoms with E-state index >= 15 is 0 Å². The lowest BCUT2D eigenvalue weighted by Gasteiger charge is -2.27. The van der Waals surface area contributed by atoms with Crippen LogP contribution in [0.2, 0.25) is 0 Å². The molecule has 5 nitrogen and oxygen atoms in total. The van der Waals surface area contributed by atoms with E-state index in [2.05, 4.69) is 6.92 Å². The number of esters is 2. The van der Waals surface area contributed by atoms with E-state index < -0.39 is 23.2 Å². The monoisotopic (exact) mass is 466 g/mol. The van der Waals surface area contributed by atoms with Gasteiger partial charge < -0.3 is 14.2 Å². The van der Waals surface area contributed by atoms with Gasteiger partial charge in [-0.1, -0.05) is 85.0 Å². The molecule has 188 valence electrons. The summed E-state index contributed by atoms with van der Waals surface area (Å²) >= 11 is 0. The van der Waals surface area contributed by atoms with Crippen LogP contribution < -0.4 is 9.47 Å². The molecule has 33 heavy (non-hydrogen) atoms. The summed E-state index contributed by atoms with van der Waals surface area (Å²) in [5.74, 6) is -1.60. The number of rotatable bonds is 18. The minimum absolute atomic E-state index is 0.0772. The zero-order valence-corrected chi connectivity index (χ0v) is 21.1. The molecule has 0 atom stereocenters. The zero-order valence-electron chi connectivity index (χ0n) is 21.1. The van der Waals surface area contributed by atoms with Crippen molar-refractivity contribution in [1.82, 2.24) is 0 Å². The summed E-state index contributed by atoms with van der Waals surface area (Å²) < 4.78 is 29.4. The van der Waals surface area contributed by atoms with Crippen LogP contribution in [0.25, 0.3) is 0 Å². The molecule has 1 aromatic carbocycles. The number of carbonyl (C=O) groups excluding carboxylic acids is 2. The van der Waals surface area contributed by atoms with Crippen LogP contribution in [0.1, 0.15) is 104 Å². The van der Waals surface area contributed by atoms with Crippen LogP contribution in [0.3, 0.4) is 0 Å². The molecule has 1 rings (SSSR count). The van der Waals surface area contributed by atoms with E-state index in [0.29, 0.717) is 6.61 Å². The molecule has 0 unspecified atom stereocenters. The van der Waals surface area contributed by atoms with Crippen LogP contribution in [-0.4, -0.2) is 25.7 Å². The van der Waals surface area contributed by atoms with Crippen LogP contribution in [0.4, 0.5) is 4.39 Å². The molecule has 0 fully saturated rings. The van der Waals surface area contributed by atoms with Gasteiger partial charge in [0, 0.05) is 6.07 Å². The number of unbranched alkanes of at least 4 members (excludes halogenated alkanes) is 10. The van der Waals surface area contributed by atoms with Gasteiger partial charge in [-0.15, -0.1) is 0 Å². The van der Waals surface area contributed by atoms with Gasteiger partial charge in [0.2, 0.25) is 0 Å². The average molecular weight is 467 g/mol. The first-order valence-electron chi connectivity index (χ1n) is 12.7. The Morgan fingerprint density at radius 1 is 0.788 bits per heavy atom. The van der Waals surface area contributed by atoms with Crippen molar-refractivity contribution in [2.45, 2.75) is 104 Å². The van der Waals surface area contributed by atoms with Gasteiger partial charge in [0.15, 0.2) is 16.9 Å². The van der Waals surface area contributed by atoms with Crippen LogP contribution in [0.15, 0.2) is 18.2 Å². The first-order chi connectivity index (χ1) is 15.9. The van der Waals surface area contributed by atoms with Crippen molar-refractivity contribution >= 4 is 11.9 Å². The molecule has 0 radical (unpaired) electrons. The highest BCUT2D eigenvalue weighted by molar-refractivity contribution is 6.00. The lowest BCUT2D eigenvalue weighted by atomic mass is 9.82. The predicted molar refractivity (Wildman–Crippen MR) is 129 cm³/mol. The predicted octanol–water partition coefficient (Wildman–Crippen LogP) is 7.40. The van der Waals surface area contributed by atoms with Gasteiger partial charge in [-0.3, -0.25) is 9.59 Å². The summed E-state index contributed by atoms with van der Waals surface area (Å²) in [6.07, 6.45) is 13.8. The van der Waals surface area contributed by atoms with Gasteiger partial charge in [-0.2, -0.15) is 0 Å². The van der Waals surface area contributed by atoms with Gasteiger partial charge in [0.25, 0.3) is 0 Å². The van der Waals surface area contributed by atoms with Crippen molar-refractivity contribution in [3.8, 4) is 11.5 Å². The number of hydrogen-bond acceptors (Lipinski definition) is 5. The van der Waals surface area contributed by atoms with Crippen molar-refractivity contribution < 1.29 is 28.2 Å². The number of methoxy groups -OCH3 is 1. The maximum atomic E-state index is 13.4. The Bertz CT molecular complexity index is 700.